The monoisotopic (exact) mass is 154 g/mol. The van der Waals surface area contributed by atoms with E-state index in [4.69, 9.17) is 11.6 Å². The van der Waals surface area contributed by atoms with E-state index < -0.39 is 0 Å². The van der Waals surface area contributed by atoms with Gasteiger partial charge in [-0.2, -0.15) is 0 Å². The maximum Gasteiger partial charge on any atom is 0.236 e. The Balaban J connectivity index is 2.50. The Hall–Kier alpha value is -1.06. The number of hydrazone groups is 1. The Morgan fingerprint density at radius 2 is 1.82 bits per heavy atom. The molecule has 1 aliphatic carbocycles. The minimum Gasteiger partial charge on any atom is -0.367 e. The molecule has 4 N–H and O–H groups in total. The zero-order chi connectivity index (χ0) is 8.10. The van der Waals surface area contributed by atoms with Crippen molar-refractivity contribution in [1.29, 1.82) is 0 Å². The first-order valence-corrected chi connectivity index (χ1v) is 3.92. The minimum absolute atomic E-state index is 0.196. The molecule has 0 aromatic heterocycles. The Labute approximate surface area is 66.4 Å². The smallest absolute Gasteiger partial charge is 0.236 e. The summed E-state index contributed by atoms with van der Waals surface area (Å²) in [4.78, 5) is 4.07. The van der Waals surface area contributed by atoms with Crippen LogP contribution < -0.4 is 11.6 Å². The molecule has 0 aromatic carbocycles. The highest BCUT2D eigenvalue weighted by molar-refractivity contribution is 5.96. The van der Waals surface area contributed by atoms with Crippen LogP contribution in [-0.4, -0.2) is 11.7 Å². The molecule has 4 heteroatoms. The van der Waals surface area contributed by atoms with E-state index in [2.05, 4.69) is 10.1 Å². The molecule has 0 heterocycles. The molecule has 0 aliphatic heterocycles. The third-order valence-electron chi connectivity index (χ3n) is 1.84. The standard InChI is InChI=1S/C7H14N4/c8-7(11-9)10-6-4-2-1-3-5-6/h1-5,9H2,(H2,8,11). The van der Waals surface area contributed by atoms with Gasteiger partial charge in [-0.3, -0.25) is 0 Å². The Bertz CT molecular complexity index is 175. The van der Waals surface area contributed by atoms with E-state index in [1.165, 1.54) is 19.3 Å². The van der Waals surface area contributed by atoms with Gasteiger partial charge in [-0.1, -0.05) is 6.42 Å². The van der Waals surface area contributed by atoms with Crippen molar-refractivity contribution in [2.75, 3.05) is 0 Å². The first-order valence-electron chi connectivity index (χ1n) is 3.92. The normalized spacial score (nSPS) is 20.0. The van der Waals surface area contributed by atoms with Gasteiger partial charge in [-0.25, -0.2) is 4.99 Å². The van der Waals surface area contributed by atoms with E-state index in [1.807, 2.05) is 0 Å². The molecular weight excluding hydrogens is 140 g/mol. The second-order valence-corrected chi connectivity index (χ2v) is 2.73. The molecule has 1 saturated carbocycles. The molecule has 0 radical (unpaired) electrons. The van der Waals surface area contributed by atoms with Crippen LogP contribution in [0, 0.1) is 0 Å². The highest BCUT2D eigenvalue weighted by Gasteiger charge is 2.06. The lowest BCUT2D eigenvalue weighted by molar-refractivity contribution is 0.667. The van der Waals surface area contributed by atoms with Crippen LogP contribution in [0.4, 0.5) is 0 Å². The summed E-state index contributed by atoms with van der Waals surface area (Å²) in [5, 5.41) is 3.29. The van der Waals surface area contributed by atoms with Gasteiger partial charge in [0.15, 0.2) is 0 Å². The summed E-state index contributed by atoms with van der Waals surface area (Å²) in [6.45, 7) is 0. The average molecular weight is 154 g/mol. The second kappa shape index (κ2) is 3.95. The molecule has 0 bridgehead atoms. The van der Waals surface area contributed by atoms with E-state index >= 15 is 0 Å². The largest absolute Gasteiger partial charge is 0.367 e. The van der Waals surface area contributed by atoms with Crippen molar-refractivity contribution in [3.05, 3.63) is 0 Å². The molecule has 0 unspecified atom stereocenters. The number of nitrogens with zero attached hydrogens (tertiary/aromatic N) is 2. The molecule has 62 valence electrons. The zero-order valence-corrected chi connectivity index (χ0v) is 6.58. The Kier molecular flexibility index (Phi) is 2.89. The third kappa shape index (κ3) is 2.57. The van der Waals surface area contributed by atoms with Crippen molar-refractivity contribution >= 4 is 11.7 Å². The molecule has 1 rings (SSSR count). The van der Waals surface area contributed by atoms with Crippen LogP contribution >= 0.6 is 0 Å². The Morgan fingerprint density at radius 1 is 1.18 bits per heavy atom. The van der Waals surface area contributed by atoms with Gasteiger partial charge in [0.25, 0.3) is 0 Å². The van der Waals surface area contributed by atoms with Crippen molar-refractivity contribution in [1.82, 2.24) is 0 Å². The van der Waals surface area contributed by atoms with E-state index in [0.717, 1.165) is 18.6 Å². The van der Waals surface area contributed by atoms with Gasteiger partial charge in [-0.05, 0) is 25.7 Å². The highest BCUT2D eigenvalue weighted by atomic mass is 15.2. The van der Waals surface area contributed by atoms with E-state index in [-0.39, 0.29) is 5.96 Å². The molecule has 1 aliphatic rings. The van der Waals surface area contributed by atoms with Crippen LogP contribution in [0.5, 0.6) is 0 Å². The van der Waals surface area contributed by atoms with E-state index in [0.29, 0.717) is 0 Å². The first-order chi connectivity index (χ1) is 5.33. The van der Waals surface area contributed by atoms with Crippen molar-refractivity contribution in [2.24, 2.45) is 21.7 Å². The van der Waals surface area contributed by atoms with Crippen molar-refractivity contribution in [3.63, 3.8) is 0 Å². The lowest BCUT2D eigenvalue weighted by atomic mass is 9.99. The first kappa shape index (κ1) is 8.04. The van der Waals surface area contributed by atoms with Gasteiger partial charge >= 0.3 is 0 Å². The summed E-state index contributed by atoms with van der Waals surface area (Å²) in [5.41, 5.74) is 6.48. The predicted molar refractivity (Wildman–Crippen MR) is 46.3 cm³/mol. The van der Waals surface area contributed by atoms with Crippen LogP contribution in [0.15, 0.2) is 10.1 Å². The Morgan fingerprint density at radius 3 is 2.36 bits per heavy atom. The SMILES string of the molecule is NN=C(N)N=C1CCCCC1. The van der Waals surface area contributed by atoms with Gasteiger partial charge in [0, 0.05) is 5.71 Å². The molecule has 0 atom stereocenters. The summed E-state index contributed by atoms with van der Waals surface area (Å²) < 4.78 is 0. The lowest BCUT2D eigenvalue weighted by Gasteiger charge is -2.11. The van der Waals surface area contributed by atoms with Crippen molar-refractivity contribution < 1.29 is 0 Å². The summed E-state index contributed by atoms with van der Waals surface area (Å²) in [6, 6.07) is 0. The highest BCUT2D eigenvalue weighted by Crippen LogP contribution is 2.14. The van der Waals surface area contributed by atoms with Crippen LogP contribution in [0.25, 0.3) is 0 Å². The van der Waals surface area contributed by atoms with Crippen molar-refractivity contribution in [2.45, 2.75) is 32.1 Å². The van der Waals surface area contributed by atoms with Crippen molar-refractivity contribution in [3.8, 4) is 0 Å². The van der Waals surface area contributed by atoms with Gasteiger partial charge in [0.05, 0.1) is 0 Å². The van der Waals surface area contributed by atoms with E-state index in [1.54, 1.807) is 0 Å². The maximum atomic E-state index is 5.34. The fourth-order valence-corrected chi connectivity index (χ4v) is 1.26. The number of nitrogens with two attached hydrogens (primary N) is 2. The average Bonchev–Trinajstić information content (AvgIpc) is 2.06. The minimum atomic E-state index is 0.196. The van der Waals surface area contributed by atoms with Gasteiger partial charge < -0.3 is 11.6 Å². The molecule has 0 saturated heterocycles. The van der Waals surface area contributed by atoms with Gasteiger partial charge in [0.1, 0.15) is 0 Å². The third-order valence-corrected chi connectivity index (χ3v) is 1.84. The predicted octanol–water partition coefficient (Wildman–Crippen LogP) is 0.580. The molecule has 0 spiro atoms. The lowest BCUT2D eigenvalue weighted by Crippen LogP contribution is -2.15. The molecule has 1 fully saturated rings. The molecular formula is C7H14N4. The summed E-state index contributed by atoms with van der Waals surface area (Å²) in [5.74, 6) is 5.14. The van der Waals surface area contributed by atoms with Gasteiger partial charge in [-0.15, -0.1) is 5.10 Å². The summed E-state index contributed by atoms with van der Waals surface area (Å²) in [6.07, 6.45) is 5.85. The number of hydrogen-bond donors (Lipinski definition) is 2. The molecule has 0 amide bonds. The number of rotatable bonds is 0. The summed E-state index contributed by atoms with van der Waals surface area (Å²) in [7, 11) is 0. The quantitative estimate of drug-likeness (QED) is 0.232. The maximum absolute atomic E-state index is 5.34. The fraction of sp³-hybridized carbons (Fsp3) is 0.714. The van der Waals surface area contributed by atoms with Crippen LogP contribution in [0.2, 0.25) is 0 Å². The number of guanidine groups is 1. The summed E-state index contributed by atoms with van der Waals surface area (Å²) >= 11 is 0. The van der Waals surface area contributed by atoms with E-state index in [9.17, 15) is 0 Å². The number of hydrogen-bond acceptors (Lipinski definition) is 2. The van der Waals surface area contributed by atoms with Crippen LogP contribution in [-0.2, 0) is 0 Å². The van der Waals surface area contributed by atoms with Gasteiger partial charge in [0.2, 0.25) is 5.96 Å². The molecule has 0 aromatic rings. The van der Waals surface area contributed by atoms with Crippen LogP contribution in [0.1, 0.15) is 32.1 Å². The second-order valence-electron chi connectivity index (χ2n) is 2.73. The topological polar surface area (TPSA) is 76.8 Å². The zero-order valence-electron chi connectivity index (χ0n) is 6.58. The fourth-order valence-electron chi connectivity index (χ4n) is 1.26. The van der Waals surface area contributed by atoms with Crippen LogP contribution in [0.3, 0.4) is 0 Å². The number of aliphatic imine (C=N–C) groups is 1. The molecule has 11 heavy (non-hydrogen) atoms. The molecule has 4 nitrogen and oxygen atoms in total.